The molecular weight excluding hydrogens is 405 g/mol. The summed E-state index contributed by atoms with van der Waals surface area (Å²) >= 11 is 17.8. The molecule has 1 fully saturated rings. The molecule has 5 nitrogen and oxygen atoms in total. The van der Waals surface area contributed by atoms with Crippen LogP contribution >= 0.6 is 35.4 Å². The van der Waals surface area contributed by atoms with Gasteiger partial charge in [-0.2, -0.15) is 0 Å². The number of benzene rings is 2. The van der Waals surface area contributed by atoms with E-state index in [0.717, 1.165) is 49.9 Å². The van der Waals surface area contributed by atoms with Crippen LogP contribution in [-0.4, -0.2) is 47.9 Å². The van der Waals surface area contributed by atoms with E-state index in [1.54, 1.807) is 6.07 Å². The van der Waals surface area contributed by atoms with Crippen molar-refractivity contribution in [3.63, 3.8) is 0 Å². The van der Waals surface area contributed by atoms with E-state index in [9.17, 15) is 0 Å². The number of thiocarbonyl (C=S) groups is 1. The molecule has 8 heteroatoms. The predicted octanol–water partition coefficient (Wildman–Crippen LogP) is 4.24. The second kappa shape index (κ2) is 8.10. The van der Waals surface area contributed by atoms with E-state index in [0.29, 0.717) is 22.0 Å². The number of nitrogens with one attached hydrogen (secondary N) is 1. The maximum atomic E-state index is 6.23. The molecule has 0 aliphatic carbocycles. The average molecular weight is 424 g/mol. The van der Waals surface area contributed by atoms with Crippen molar-refractivity contribution in [1.82, 2.24) is 9.80 Å². The number of hydrogen-bond donors (Lipinski definition) is 1. The fourth-order valence-electron chi connectivity index (χ4n) is 3.20. The van der Waals surface area contributed by atoms with Gasteiger partial charge in [0.2, 0.25) is 6.79 Å². The molecule has 2 aromatic rings. The number of piperazine rings is 1. The molecule has 142 valence electrons. The Morgan fingerprint density at radius 3 is 2.63 bits per heavy atom. The van der Waals surface area contributed by atoms with Gasteiger partial charge < -0.3 is 19.7 Å². The number of ether oxygens (including phenoxy) is 2. The summed E-state index contributed by atoms with van der Waals surface area (Å²) in [5.41, 5.74) is 1.95. The first-order valence-corrected chi connectivity index (χ1v) is 9.87. The third-order valence-electron chi connectivity index (χ3n) is 4.70. The van der Waals surface area contributed by atoms with E-state index in [1.807, 2.05) is 18.2 Å². The van der Waals surface area contributed by atoms with Gasteiger partial charge in [0.05, 0.1) is 15.7 Å². The van der Waals surface area contributed by atoms with Gasteiger partial charge in [-0.3, -0.25) is 4.90 Å². The lowest BCUT2D eigenvalue weighted by atomic mass is 10.1. The molecule has 0 atom stereocenters. The lowest BCUT2D eigenvalue weighted by molar-refractivity contribution is 0.173. The van der Waals surface area contributed by atoms with Gasteiger partial charge in [-0.15, -0.1) is 0 Å². The van der Waals surface area contributed by atoms with Gasteiger partial charge in [0.15, 0.2) is 16.6 Å². The molecular formula is C19H19Cl2N3O2S. The maximum absolute atomic E-state index is 6.23. The standard InChI is InChI=1S/C19H19Cl2N3O2S/c20-14-2-1-3-15(18(14)21)22-19(27)24-8-6-23(7-9-24)11-13-4-5-16-17(10-13)26-12-25-16/h1-5,10H,6-9,11-12H2,(H,22,27). The maximum Gasteiger partial charge on any atom is 0.231 e. The molecule has 0 saturated carbocycles. The predicted molar refractivity (Wildman–Crippen MR) is 112 cm³/mol. The summed E-state index contributed by atoms with van der Waals surface area (Å²) in [5, 5.41) is 4.87. The molecule has 0 unspecified atom stereocenters. The Balaban J connectivity index is 1.31. The Morgan fingerprint density at radius 1 is 1.04 bits per heavy atom. The number of anilines is 1. The molecule has 0 aromatic heterocycles. The smallest absolute Gasteiger partial charge is 0.231 e. The summed E-state index contributed by atoms with van der Waals surface area (Å²) in [6.07, 6.45) is 0. The Labute approximate surface area is 173 Å². The summed E-state index contributed by atoms with van der Waals surface area (Å²) < 4.78 is 10.8. The minimum absolute atomic E-state index is 0.304. The van der Waals surface area contributed by atoms with Crippen LogP contribution in [0.15, 0.2) is 36.4 Å². The summed E-state index contributed by atoms with van der Waals surface area (Å²) in [7, 11) is 0. The van der Waals surface area contributed by atoms with Gasteiger partial charge in [0, 0.05) is 32.7 Å². The highest BCUT2D eigenvalue weighted by Crippen LogP contribution is 2.33. The van der Waals surface area contributed by atoms with Crippen LogP contribution in [-0.2, 0) is 6.54 Å². The van der Waals surface area contributed by atoms with E-state index in [-0.39, 0.29) is 0 Å². The van der Waals surface area contributed by atoms with Gasteiger partial charge in [0.1, 0.15) is 0 Å². The molecule has 1 N–H and O–H groups in total. The Bertz CT molecular complexity index is 857. The minimum Gasteiger partial charge on any atom is -0.454 e. The minimum atomic E-state index is 0.304. The highest BCUT2D eigenvalue weighted by molar-refractivity contribution is 7.80. The number of halogens is 2. The summed E-state index contributed by atoms with van der Waals surface area (Å²) in [5.74, 6) is 1.65. The van der Waals surface area contributed by atoms with Gasteiger partial charge in [-0.1, -0.05) is 35.3 Å². The topological polar surface area (TPSA) is 37.0 Å². The molecule has 27 heavy (non-hydrogen) atoms. The molecule has 1 saturated heterocycles. The lowest BCUT2D eigenvalue weighted by Crippen LogP contribution is -2.49. The van der Waals surface area contributed by atoms with Crippen LogP contribution in [0.4, 0.5) is 5.69 Å². The van der Waals surface area contributed by atoms with Crippen molar-refractivity contribution in [1.29, 1.82) is 0 Å². The monoisotopic (exact) mass is 423 g/mol. The van der Waals surface area contributed by atoms with Crippen LogP contribution in [0.25, 0.3) is 0 Å². The molecule has 2 aliphatic heterocycles. The van der Waals surface area contributed by atoms with Crippen molar-refractivity contribution in [2.24, 2.45) is 0 Å². The second-order valence-corrected chi connectivity index (χ2v) is 7.65. The molecule has 0 radical (unpaired) electrons. The quantitative estimate of drug-likeness (QED) is 0.744. The van der Waals surface area contributed by atoms with E-state index in [2.05, 4.69) is 27.2 Å². The van der Waals surface area contributed by atoms with Gasteiger partial charge in [-0.25, -0.2) is 0 Å². The Morgan fingerprint density at radius 2 is 1.81 bits per heavy atom. The lowest BCUT2D eigenvalue weighted by Gasteiger charge is -2.36. The van der Waals surface area contributed by atoms with Crippen molar-refractivity contribution < 1.29 is 9.47 Å². The van der Waals surface area contributed by atoms with Crippen molar-refractivity contribution in [3.8, 4) is 11.5 Å². The SMILES string of the molecule is S=C(Nc1cccc(Cl)c1Cl)N1CCN(Cc2ccc3c(c2)OCO3)CC1. The van der Waals surface area contributed by atoms with Crippen molar-refractivity contribution in [2.45, 2.75) is 6.54 Å². The highest BCUT2D eigenvalue weighted by Gasteiger charge is 2.21. The van der Waals surface area contributed by atoms with Crippen molar-refractivity contribution >= 4 is 46.2 Å². The van der Waals surface area contributed by atoms with E-state index in [4.69, 9.17) is 44.9 Å². The van der Waals surface area contributed by atoms with Crippen LogP contribution in [0.3, 0.4) is 0 Å². The van der Waals surface area contributed by atoms with Crippen LogP contribution < -0.4 is 14.8 Å². The highest BCUT2D eigenvalue weighted by atomic mass is 35.5. The Kier molecular flexibility index (Phi) is 5.59. The normalized spacial score (nSPS) is 16.4. The largest absolute Gasteiger partial charge is 0.454 e. The van der Waals surface area contributed by atoms with Crippen molar-refractivity contribution in [3.05, 3.63) is 52.0 Å². The van der Waals surface area contributed by atoms with Crippen LogP contribution in [0.2, 0.25) is 10.0 Å². The molecule has 0 amide bonds. The fraction of sp³-hybridized carbons (Fsp3) is 0.316. The third-order valence-corrected chi connectivity index (χ3v) is 5.88. The van der Waals surface area contributed by atoms with E-state index < -0.39 is 0 Å². The Hall–Kier alpha value is -1.73. The zero-order chi connectivity index (χ0) is 18.8. The molecule has 2 aromatic carbocycles. The summed E-state index contributed by atoms with van der Waals surface area (Å²) in [6, 6.07) is 11.6. The summed E-state index contributed by atoms with van der Waals surface area (Å²) in [6.45, 7) is 4.76. The molecule has 4 rings (SSSR count). The average Bonchev–Trinajstić information content (AvgIpc) is 3.14. The number of fused-ring (bicyclic) bond motifs is 1. The van der Waals surface area contributed by atoms with Gasteiger partial charge in [-0.05, 0) is 42.0 Å². The number of hydrogen-bond acceptors (Lipinski definition) is 4. The first-order chi connectivity index (χ1) is 13.1. The summed E-state index contributed by atoms with van der Waals surface area (Å²) in [4.78, 5) is 4.56. The zero-order valence-electron chi connectivity index (χ0n) is 14.6. The molecule has 0 spiro atoms. The molecule has 2 aliphatic rings. The van der Waals surface area contributed by atoms with Gasteiger partial charge in [0.25, 0.3) is 0 Å². The first kappa shape index (κ1) is 18.6. The second-order valence-electron chi connectivity index (χ2n) is 6.48. The molecule has 2 heterocycles. The molecule has 0 bridgehead atoms. The van der Waals surface area contributed by atoms with Crippen molar-refractivity contribution in [2.75, 3.05) is 38.3 Å². The van der Waals surface area contributed by atoms with Crippen LogP contribution in [0.1, 0.15) is 5.56 Å². The van der Waals surface area contributed by atoms with E-state index >= 15 is 0 Å². The zero-order valence-corrected chi connectivity index (χ0v) is 16.9. The first-order valence-electron chi connectivity index (χ1n) is 8.71. The third kappa shape index (κ3) is 4.24. The van der Waals surface area contributed by atoms with Gasteiger partial charge >= 0.3 is 0 Å². The fourth-order valence-corrected chi connectivity index (χ4v) is 3.84. The van der Waals surface area contributed by atoms with E-state index in [1.165, 1.54) is 5.56 Å². The van der Waals surface area contributed by atoms with Crippen LogP contribution in [0.5, 0.6) is 11.5 Å². The number of rotatable bonds is 3. The van der Waals surface area contributed by atoms with Crippen LogP contribution in [0, 0.1) is 0 Å². The number of nitrogens with zero attached hydrogens (tertiary/aromatic N) is 2.